The van der Waals surface area contributed by atoms with E-state index >= 15 is 0 Å². The van der Waals surface area contributed by atoms with Crippen LogP contribution in [0.1, 0.15) is 33.8 Å². The lowest BCUT2D eigenvalue weighted by atomic mass is 10.3. The molecular formula is C13H15N3O2S. The zero-order chi connectivity index (χ0) is 13.6. The highest BCUT2D eigenvalue weighted by molar-refractivity contribution is 7.17. The van der Waals surface area contributed by atoms with Crippen molar-refractivity contribution in [3.63, 3.8) is 0 Å². The van der Waals surface area contributed by atoms with Crippen molar-refractivity contribution in [2.75, 3.05) is 13.1 Å². The molecular weight excluding hydrogens is 262 g/mol. The predicted molar refractivity (Wildman–Crippen MR) is 74.0 cm³/mol. The lowest BCUT2D eigenvalue weighted by molar-refractivity contribution is 0.0790. The van der Waals surface area contributed by atoms with E-state index in [0.29, 0.717) is 4.96 Å². The topological polar surface area (TPSA) is 54.7 Å². The number of carbonyl (C=O) groups is 1. The molecule has 2 aromatic rings. The van der Waals surface area contributed by atoms with E-state index in [0.717, 1.165) is 36.5 Å². The fourth-order valence-corrected chi connectivity index (χ4v) is 3.34. The number of hydrogen-bond acceptors (Lipinski definition) is 4. The molecule has 19 heavy (non-hydrogen) atoms. The third-order valence-electron chi connectivity index (χ3n) is 3.64. The van der Waals surface area contributed by atoms with Gasteiger partial charge in [0.1, 0.15) is 5.56 Å². The van der Waals surface area contributed by atoms with Crippen LogP contribution in [0.15, 0.2) is 11.0 Å². The minimum absolute atomic E-state index is 0.181. The molecule has 3 heterocycles. The summed E-state index contributed by atoms with van der Waals surface area (Å²) < 4.78 is 1.54. The Hall–Kier alpha value is -1.69. The molecule has 1 fully saturated rings. The lowest BCUT2D eigenvalue weighted by Gasteiger charge is -2.14. The predicted octanol–water partition coefficient (Wildman–Crippen LogP) is 1.61. The first kappa shape index (κ1) is 12.3. The normalized spacial score (nSPS) is 15.4. The van der Waals surface area contributed by atoms with Crippen LogP contribution >= 0.6 is 11.3 Å². The van der Waals surface area contributed by atoms with Crippen molar-refractivity contribution >= 4 is 22.2 Å². The highest BCUT2D eigenvalue weighted by Gasteiger charge is 2.23. The van der Waals surface area contributed by atoms with E-state index in [1.165, 1.54) is 17.5 Å². The summed E-state index contributed by atoms with van der Waals surface area (Å²) in [6.07, 6.45) is 3.45. The van der Waals surface area contributed by atoms with Crippen LogP contribution in [0.25, 0.3) is 4.96 Å². The Bertz CT molecular complexity index is 710. The maximum Gasteiger partial charge on any atom is 0.271 e. The average molecular weight is 277 g/mol. The Kier molecular flexibility index (Phi) is 2.89. The molecule has 0 atom stereocenters. The zero-order valence-corrected chi connectivity index (χ0v) is 11.8. The van der Waals surface area contributed by atoms with Gasteiger partial charge in [0.2, 0.25) is 0 Å². The number of hydrogen-bond donors (Lipinski definition) is 0. The second-order valence-corrected chi connectivity index (χ2v) is 6.02. The molecule has 0 unspecified atom stereocenters. The molecule has 1 aliphatic heterocycles. The van der Waals surface area contributed by atoms with E-state index in [2.05, 4.69) is 4.98 Å². The van der Waals surface area contributed by atoms with Gasteiger partial charge < -0.3 is 4.90 Å². The molecule has 5 nitrogen and oxygen atoms in total. The minimum atomic E-state index is -0.247. The molecule has 0 saturated carbocycles. The van der Waals surface area contributed by atoms with Crippen molar-refractivity contribution in [3.05, 3.63) is 32.7 Å². The molecule has 1 amide bonds. The molecule has 1 aliphatic rings. The molecule has 2 aromatic heterocycles. The number of amides is 1. The van der Waals surface area contributed by atoms with Crippen LogP contribution in [-0.2, 0) is 0 Å². The first-order chi connectivity index (χ1) is 9.09. The highest BCUT2D eigenvalue weighted by atomic mass is 32.1. The third kappa shape index (κ3) is 1.87. The van der Waals surface area contributed by atoms with Crippen molar-refractivity contribution < 1.29 is 4.79 Å². The standard InChI is InChI=1S/C13H15N3O2S/c1-8-9(2)19-13-14-7-10(12(18)16(8)13)11(17)15-5-3-4-6-15/h7H,3-6H2,1-2H3. The number of thiazole rings is 1. The zero-order valence-electron chi connectivity index (χ0n) is 11.0. The smallest absolute Gasteiger partial charge is 0.271 e. The Morgan fingerprint density at radius 2 is 2.00 bits per heavy atom. The molecule has 0 radical (unpaired) electrons. The van der Waals surface area contributed by atoms with Crippen LogP contribution in [0.5, 0.6) is 0 Å². The molecule has 0 spiro atoms. The molecule has 6 heteroatoms. The van der Waals surface area contributed by atoms with Gasteiger partial charge in [0, 0.05) is 29.9 Å². The Balaban J connectivity index is 2.14. The van der Waals surface area contributed by atoms with Gasteiger partial charge in [-0.1, -0.05) is 0 Å². The second kappa shape index (κ2) is 4.45. The summed E-state index contributed by atoms with van der Waals surface area (Å²) in [5.41, 5.74) is 0.803. The summed E-state index contributed by atoms with van der Waals surface area (Å²) >= 11 is 1.47. The van der Waals surface area contributed by atoms with E-state index < -0.39 is 0 Å². The van der Waals surface area contributed by atoms with Gasteiger partial charge in [-0.05, 0) is 26.7 Å². The summed E-state index contributed by atoms with van der Waals surface area (Å²) in [6, 6.07) is 0. The van der Waals surface area contributed by atoms with Gasteiger partial charge in [0.05, 0.1) is 0 Å². The summed E-state index contributed by atoms with van der Waals surface area (Å²) in [4.78, 5) is 32.4. The van der Waals surface area contributed by atoms with E-state index in [-0.39, 0.29) is 17.0 Å². The van der Waals surface area contributed by atoms with Crippen LogP contribution in [-0.4, -0.2) is 33.3 Å². The van der Waals surface area contributed by atoms with Crippen LogP contribution in [0, 0.1) is 13.8 Å². The molecule has 0 bridgehead atoms. The maximum atomic E-state index is 12.4. The fourth-order valence-electron chi connectivity index (χ4n) is 2.41. The Morgan fingerprint density at radius 1 is 1.32 bits per heavy atom. The Morgan fingerprint density at radius 3 is 2.68 bits per heavy atom. The molecule has 0 aromatic carbocycles. The van der Waals surface area contributed by atoms with Crippen molar-refractivity contribution in [1.29, 1.82) is 0 Å². The third-order valence-corrected chi connectivity index (χ3v) is 4.71. The van der Waals surface area contributed by atoms with Crippen molar-refractivity contribution in [1.82, 2.24) is 14.3 Å². The highest BCUT2D eigenvalue weighted by Crippen LogP contribution is 2.19. The van der Waals surface area contributed by atoms with E-state index in [1.807, 2.05) is 13.8 Å². The number of fused-ring (bicyclic) bond motifs is 1. The van der Waals surface area contributed by atoms with Crippen LogP contribution in [0.3, 0.4) is 0 Å². The molecule has 0 N–H and O–H groups in total. The molecule has 1 saturated heterocycles. The van der Waals surface area contributed by atoms with Crippen molar-refractivity contribution in [2.24, 2.45) is 0 Å². The number of aryl methyl sites for hydroxylation is 2. The number of aromatic nitrogens is 2. The number of rotatable bonds is 1. The SMILES string of the molecule is Cc1sc2ncc(C(=O)N3CCCC3)c(=O)n2c1C. The number of carbonyl (C=O) groups excluding carboxylic acids is 1. The van der Waals surface area contributed by atoms with Gasteiger partial charge in [0.25, 0.3) is 11.5 Å². The fraction of sp³-hybridized carbons (Fsp3) is 0.462. The maximum absolute atomic E-state index is 12.4. The largest absolute Gasteiger partial charge is 0.338 e. The Labute approximate surface area is 114 Å². The molecule has 100 valence electrons. The summed E-state index contributed by atoms with van der Waals surface area (Å²) in [5, 5.41) is 0. The van der Waals surface area contributed by atoms with Crippen molar-refractivity contribution in [3.8, 4) is 0 Å². The van der Waals surface area contributed by atoms with Gasteiger partial charge in [0.15, 0.2) is 4.96 Å². The van der Waals surface area contributed by atoms with Gasteiger partial charge in [-0.25, -0.2) is 4.98 Å². The summed E-state index contributed by atoms with van der Waals surface area (Å²) in [7, 11) is 0. The van der Waals surface area contributed by atoms with Crippen LogP contribution in [0.4, 0.5) is 0 Å². The summed E-state index contributed by atoms with van der Waals surface area (Å²) in [6.45, 7) is 5.31. The monoisotopic (exact) mass is 277 g/mol. The minimum Gasteiger partial charge on any atom is -0.338 e. The molecule has 3 rings (SSSR count). The number of nitrogens with zero attached hydrogens (tertiary/aromatic N) is 3. The lowest BCUT2D eigenvalue weighted by Crippen LogP contribution is -2.34. The molecule has 0 aliphatic carbocycles. The van der Waals surface area contributed by atoms with Gasteiger partial charge in [-0.3, -0.25) is 14.0 Å². The quantitative estimate of drug-likeness (QED) is 0.795. The second-order valence-electron chi connectivity index (χ2n) is 4.84. The van der Waals surface area contributed by atoms with E-state index in [4.69, 9.17) is 0 Å². The van der Waals surface area contributed by atoms with Gasteiger partial charge in [-0.2, -0.15) is 0 Å². The van der Waals surface area contributed by atoms with Crippen LogP contribution in [0.2, 0.25) is 0 Å². The number of likely N-dealkylation sites (tertiary alicyclic amines) is 1. The van der Waals surface area contributed by atoms with E-state index in [1.54, 1.807) is 9.30 Å². The van der Waals surface area contributed by atoms with Gasteiger partial charge in [-0.15, -0.1) is 11.3 Å². The first-order valence-electron chi connectivity index (χ1n) is 6.36. The van der Waals surface area contributed by atoms with Gasteiger partial charge >= 0.3 is 0 Å². The van der Waals surface area contributed by atoms with E-state index in [9.17, 15) is 9.59 Å². The first-order valence-corrected chi connectivity index (χ1v) is 7.18. The summed E-state index contributed by atoms with van der Waals surface area (Å²) in [5.74, 6) is -0.187. The van der Waals surface area contributed by atoms with Crippen LogP contribution < -0.4 is 5.56 Å². The average Bonchev–Trinajstić information content (AvgIpc) is 2.99. The van der Waals surface area contributed by atoms with Crippen molar-refractivity contribution in [2.45, 2.75) is 26.7 Å².